The Balaban J connectivity index is 2.05. The molecule has 0 radical (unpaired) electrons. The van der Waals surface area contributed by atoms with Gasteiger partial charge in [-0.15, -0.1) is 0 Å². The van der Waals surface area contributed by atoms with E-state index < -0.39 is 35.7 Å². The average molecular weight is 415 g/mol. The van der Waals surface area contributed by atoms with E-state index in [0.29, 0.717) is 13.0 Å². The topological polar surface area (TPSA) is 106 Å². The molecular weight excluding hydrogens is 376 g/mol. The first kappa shape index (κ1) is 24.1. The van der Waals surface area contributed by atoms with Crippen LogP contribution in [-0.4, -0.2) is 65.3 Å². The molecule has 2 rings (SSSR count). The van der Waals surface area contributed by atoms with Gasteiger partial charge in [-0.25, -0.2) is 0 Å². The highest BCUT2D eigenvalue weighted by atomic mass is 16.7. The lowest BCUT2D eigenvalue weighted by molar-refractivity contribution is -0.343. The van der Waals surface area contributed by atoms with Crippen LogP contribution in [0.4, 0.5) is 0 Å². The van der Waals surface area contributed by atoms with Gasteiger partial charge in [0.25, 0.3) is 0 Å². The number of ether oxygens (including phenoxy) is 3. The van der Waals surface area contributed by atoms with Crippen molar-refractivity contribution in [3.8, 4) is 0 Å². The number of amides is 2. The van der Waals surface area contributed by atoms with E-state index in [2.05, 4.69) is 10.6 Å². The lowest BCUT2D eigenvalue weighted by atomic mass is 9.87. The Hall–Kier alpha value is -1.22. The fourth-order valence-electron chi connectivity index (χ4n) is 4.39. The summed E-state index contributed by atoms with van der Waals surface area (Å²) in [7, 11) is 0. The molecule has 0 bridgehead atoms. The summed E-state index contributed by atoms with van der Waals surface area (Å²) in [4.78, 5) is 24.2. The smallest absolute Gasteiger partial charge is 0.223 e. The fraction of sp³-hybridized carbons (Fsp3) is 0.905. The Morgan fingerprint density at radius 2 is 1.83 bits per heavy atom. The van der Waals surface area contributed by atoms with Gasteiger partial charge in [0.1, 0.15) is 24.4 Å². The predicted molar refractivity (Wildman–Crippen MR) is 108 cm³/mol. The summed E-state index contributed by atoms with van der Waals surface area (Å²) in [6.07, 6.45) is -0.290. The number of hydrogen-bond donors (Lipinski definition) is 3. The Kier molecular flexibility index (Phi) is 7.70. The van der Waals surface area contributed by atoms with Gasteiger partial charge in [-0.2, -0.15) is 0 Å². The number of fused-ring (bicyclic) bond motifs is 1. The predicted octanol–water partition coefficient (Wildman–Crippen LogP) is 1.49. The van der Waals surface area contributed by atoms with Gasteiger partial charge in [-0.3, -0.25) is 9.59 Å². The van der Waals surface area contributed by atoms with Crippen LogP contribution in [0.25, 0.3) is 0 Å². The molecule has 0 aliphatic carbocycles. The number of aliphatic hydroxyl groups excluding tert-OH is 1. The summed E-state index contributed by atoms with van der Waals surface area (Å²) in [5.41, 5.74) is -1.18. The summed E-state index contributed by atoms with van der Waals surface area (Å²) in [6.45, 7) is 13.6. The van der Waals surface area contributed by atoms with Crippen LogP contribution in [0.15, 0.2) is 0 Å². The molecule has 0 spiro atoms. The SMILES string of the molecule is CCC(CC)C(=O)NC(C)(C)CC(C)(C)O[C@@H]1OC2CO[C@@H]2C(O)C1NC(C)=O. The molecule has 2 amide bonds. The summed E-state index contributed by atoms with van der Waals surface area (Å²) in [5.74, 6) is -0.236. The molecule has 2 saturated heterocycles. The Bertz CT molecular complexity index is 590. The Labute approximate surface area is 174 Å². The minimum absolute atomic E-state index is 0.00479. The third kappa shape index (κ3) is 6.13. The van der Waals surface area contributed by atoms with E-state index in [0.717, 1.165) is 12.8 Å². The van der Waals surface area contributed by atoms with E-state index in [-0.39, 0.29) is 23.8 Å². The number of carbonyl (C=O) groups excluding carboxylic acids is 2. The van der Waals surface area contributed by atoms with Crippen molar-refractivity contribution in [1.82, 2.24) is 10.6 Å². The fourth-order valence-corrected chi connectivity index (χ4v) is 4.39. The molecule has 0 aromatic heterocycles. The van der Waals surface area contributed by atoms with Crippen LogP contribution in [0, 0.1) is 5.92 Å². The molecule has 2 heterocycles. The second kappa shape index (κ2) is 9.29. The van der Waals surface area contributed by atoms with E-state index >= 15 is 0 Å². The van der Waals surface area contributed by atoms with Crippen LogP contribution in [0.2, 0.25) is 0 Å². The van der Waals surface area contributed by atoms with Crippen molar-refractivity contribution < 1.29 is 28.9 Å². The van der Waals surface area contributed by atoms with Gasteiger partial charge in [0, 0.05) is 18.4 Å². The second-order valence-electron chi connectivity index (χ2n) is 9.50. The molecule has 29 heavy (non-hydrogen) atoms. The van der Waals surface area contributed by atoms with Gasteiger partial charge in [-0.1, -0.05) is 13.8 Å². The van der Waals surface area contributed by atoms with Crippen LogP contribution < -0.4 is 10.6 Å². The van der Waals surface area contributed by atoms with Gasteiger partial charge in [-0.05, 0) is 47.0 Å². The minimum Gasteiger partial charge on any atom is -0.388 e. The number of aliphatic hydroxyl groups is 1. The van der Waals surface area contributed by atoms with Crippen LogP contribution in [0.1, 0.15) is 67.7 Å². The van der Waals surface area contributed by atoms with Gasteiger partial charge < -0.3 is 30.0 Å². The zero-order valence-corrected chi connectivity index (χ0v) is 18.8. The van der Waals surface area contributed by atoms with Crippen LogP contribution >= 0.6 is 0 Å². The van der Waals surface area contributed by atoms with E-state index in [1.807, 2.05) is 41.5 Å². The van der Waals surface area contributed by atoms with Crippen molar-refractivity contribution in [2.75, 3.05) is 6.61 Å². The van der Waals surface area contributed by atoms with Crippen LogP contribution in [-0.2, 0) is 23.8 Å². The standard InChI is InChI=1S/C21H38N2O6/c1-8-13(9-2)18(26)23-20(4,5)11-21(6,7)29-19-15(22-12(3)24)16(25)17-14(28-19)10-27-17/h13-17,19,25H,8-11H2,1-7H3,(H,22,24)(H,23,26)/t14?,15?,16?,17-,19-/m0/s1. The lowest BCUT2D eigenvalue weighted by Crippen LogP contribution is -2.70. The molecule has 3 unspecified atom stereocenters. The number of carbonyl (C=O) groups is 2. The van der Waals surface area contributed by atoms with E-state index in [1.165, 1.54) is 6.92 Å². The Morgan fingerprint density at radius 1 is 1.21 bits per heavy atom. The number of rotatable bonds is 9. The average Bonchev–Trinajstić information content (AvgIpc) is 2.53. The summed E-state index contributed by atoms with van der Waals surface area (Å²) in [6, 6.07) is -0.726. The number of nitrogens with one attached hydrogen (secondary N) is 2. The molecule has 8 heteroatoms. The quantitative estimate of drug-likeness (QED) is 0.528. The normalized spacial score (nSPS) is 29.8. The first-order valence-electron chi connectivity index (χ1n) is 10.6. The highest BCUT2D eigenvalue weighted by Gasteiger charge is 2.53. The Morgan fingerprint density at radius 3 is 2.31 bits per heavy atom. The van der Waals surface area contributed by atoms with Crippen molar-refractivity contribution in [1.29, 1.82) is 0 Å². The third-order valence-corrected chi connectivity index (χ3v) is 5.62. The highest BCUT2D eigenvalue weighted by Crippen LogP contribution is 2.34. The molecule has 0 aromatic rings. The van der Waals surface area contributed by atoms with Gasteiger partial charge in [0.15, 0.2) is 6.29 Å². The lowest BCUT2D eigenvalue weighted by Gasteiger charge is -2.51. The molecule has 0 aromatic carbocycles. The van der Waals surface area contributed by atoms with Crippen molar-refractivity contribution in [3.63, 3.8) is 0 Å². The molecule has 3 N–H and O–H groups in total. The van der Waals surface area contributed by atoms with Gasteiger partial charge in [0.2, 0.25) is 11.8 Å². The number of hydrogen-bond acceptors (Lipinski definition) is 6. The first-order chi connectivity index (χ1) is 13.4. The zero-order valence-electron chi connectivity index (χ0n) is 18.8. The molecule has 2 aliphatic rings. The third-order valence-electron chi connectivity index (χ3n) is 5.62. The summed E-state index contributed by atoms with van der Waals surface area (Å²) in [5, 5.41) is 16.4. The van der Waals surface area contributed by atoms with Crippen molar-refractivity contribution in [2.45, 2.75) is 110 Å². The molecular formula is C21H38N2O6. The maximum Gasteiger partial charge on any atom is 0.223 e. The molecule has 5 atom stereocenters. The zero-order chi connectivity index (χ0) is 22.0. The largest absolute Gasteiger partial charge is 0.388 e. The molecule has 8 nitrogen and oxygen atoms in total. The maximum atomic E-state index is 12.5. The van der Waals surface area contributed by atoms with E-state index in [1.54, 1.807) is 0 Å². The molecule has 2 fully saturated rings. The first-order valence-corrected chi connectivity index (χ1v) is 10.6. The van der Waals surface area contributed by atoms with E-state index in [4.69, 9.17) is 14.2 Å². The summed E-state index contributed by atoms with van der Waals surface area (Å²) < 4.78 is 17.6. The van der Waals surface area contributed by atoms with Gasteiger partial charge in [0.05, 0.1) is 12.2 Å². The molecule has 2 aliphatic heterocycles. The highest BCUT2D eigenvalue weighted by molar-refractivity contribution is 5.79. The van der Waals surface area contributed by atoms with Crippen LogP contribution in [0.3, 0.4) is 0 Å². The van der Waals surface area contributed by atoms with Crippen molar-refractivity contribution in [3.05, 3.63) is 0 Å². The van der Waals surface area contributed by atoms with Crippen LogP contribution in [0.5, 0.6) is 0 Å². The second-order valence-corrected chi connectivity index (χ2v) is 9.50. The minimum atomic E-state index is -0.908. The summed E-state index contributed by atoms with van der Waals surface area (Å²) >= 11 is 0. The molecule has 168 valence electrons. The molecule has 0 saturated carbocycles. The maximum absolute atomic E-state index is 12.5. The van der Waals surface area contributed by atoms with Crippen molar-refractivity contribution >= 4 is 11.8 Å². The van der Waals surface area contributed by atoms with Crippen molar-refractivity contribution in [2.24, 2.45) is 5.92 Å². The van der Waals surface area contributed by atoms with E-state index in [9.17, 15) is 14.7 Å². The monoisotopic (exact) mass is 414 g/mol. The van der Waals surface area contributed by atoms with Gasteiger partial charge >= 0.3 is 0 Å².